The van der Waals surface area contributed by atoms with Gasteiger partial charge in [0.2, 0.25) is 0 Å². The number of rotatable bonds is 5. The Morgan fingerprint density at radius 1 is 0.946 bits per heavy atom. The van der Waals surface area contributed by atoms with E-state index in [1.54, 1.807) is 0 Å². The molecule has 3 aromatic rings. The smallest absolute Gasteiger partial charge is 0.268 e. The maximum atomic E-state index is 14.2. The van der Waals surface area contributed by atoms with E-state index in [1.807, 2.05) is 4.90 Å². The Labute approximate surface area is 225 Å². The summed E-state index contributed by atoms with van der Waals surface area (Å²) < 4.78 is 61.8. The van der Waals surface area contributed by atoms with Crippen molar-refractivity contribution in [2.24, 2.45) is 5.92 Å². The summed E-state index contributed by atoms with van der Waals surface area (Å²) in [5.74, 6) is -0.720. The highest BCUT2D eigenvalue weighted by molar-refractivity contribution is 7.93. The van der Waals surface area contributed by atoms with E-state index in [9.17, 15) is 22.0 Å². The quantitative estimate of drug-likeness (QED) is 0.356. The minimum absolute atomic E-state index is 0. The van der Waals surface area contributed by atoms with Gasteiger partial charge < -0.3 is 4.74 Å². The number of fused-ring (bicyclic) bond motifs is 2. The van der Waals surface area contributed by atoms with Crippen LogP contribution in [0.15, 0.2) is 65.6 Å². The zero-order chi connectivity index (χ0) is 25.4. The van der Waals surface area contributed by atoms with Gasteiger partial charge in [-0.05, 0) is 86.4 Å². The highest BCUT2D eigenvalue weighted by Crippen LogP contribution is 2.44. The number of piperidine rings is 1. The number of likely N-dealkylation sites (tertiary alicyclic amines) is 1. The number of carbonyl (C=O) groups is 1. The zero-order valence-electron chi connectivity index (χ0n) is 19.6. The van der Waals surface area contributed by atoms with Crippen LogP contribution in [0.4, 0.5) is 14.5 Å². The summed E-state index contributed by atoms with van der Waals surface area (Å²) in [6, 6.07) is 13.6. The molecule has 0 spiro atoms. The first-order valence-electron chi connectivity index (χ1n) is 11.5. The molecule has 11 heteroatoms. The molecule has 0 amide bonds. The molecule has 1 fully saturated rings. The number of halogens is 4. The topological polar surface area (TPSA) is 66.9 Å². The number of Topliss-reactive ketones (excluding diaryl/α,β-unsaturated/α-hetero) is 1. The lowest BCUT2D eigenvalue weighted by Gasteiger charge is -2.34. The van der Waals surface area contributed by atoms with Gasteiger partial charge in [0.1, 0.15) is 22.3 Å². The molecule has 196 valence electrons. The van der Waals surface area contributed by atoms with E-state index >= 15 is 0 Å². The summed E-state index contributed by atoms with van der Waals surface area (Å²) in [6.45, 7) is 1.53. The van der Waals surface area contributed by atoms with Gasteiger partial charge in [-0.2, -0.15) is 0 Å². The first-order valence-corrected chi connectivity index (χ1v) is 13.3. The van der Waals surface area contributed by atoms with Crippen LogP contribution >= 0.6 is 24.0 Å². The van der Waals surface area contributed by atoms with Crippen molar-refractivity contribution >= 4 is 45.5 Å². The number of benzene rings is 3. The van der Waals surface area contributed by atoms with E-state index in [4.69, 9.17) is 16.3 Å². The SMILES string of the molecule is Cl.O=C(CN1CCC(CN2c3cc(F)ccc3Oc3ccc(Cl)cc3S2(=O)=O)CC1)c1ccc(F)cc1. The fourth-order valence-electron chi connectivity index (χ4n) is 4.59. The lowest BCUT2D eigenvalue weighted by atomic mass is 9.96. The second-order valence-corrected chi connectivity index (χ2v) is 11.3. The third kappa shape index (κ3) is 5.75. The van der Waals surface area contributed by atoms with E-state index in [0.29, 0.717) is 31.5 Å². The minimum Gasteiger partial charge on any atom is -0.454 e. The third-order valence-corrected chi connectivity index (χ3v) is 8.58. The first kappa shape index (κ1) is 27.3. The van der Waals surface area contributed by atoms with Crippen molar-refractivity contribution in [1.82, 2.24) is 4.90 Å². The molecule has 0 radical (unpaired) electrons. The molecule has 0 N–H and O–H groups in total. The monoisotopic (exact) mass is 568 g/mol. The molecule has 0 aromatic heterocycles. The van der Waals surface area contributed by atoms with E-state index in [2.05, 4.69) is 0 Å². The highest BCUT2D eigenvalue weighted by Gasteiger charge is 2.36. The predicted molar refractivity (Wildman–Crippen MR) is 140 cm³/mol. The van der Waals surface area contributed by atoms with Gasteiger partial charge in [0.05, 0.1) is 12.2 Å². The Morgan fingerprint density at radius 2 is 1.59 bits per heavy atom. The van der Waals surface area contributed by atoms with Gasteiger partial charge in [-0.25, -0.2) is 17.2 Å². The number of carbonyl (C=O) groups excluding carboxylic acids is 1. The van der Waals surface area contributed by atoms with E-state index in [0.717, 1.165) is 6.07 Å². The summed E-state index contributed by atoms with van der Waals surface area (Å²) in [5, 5.41) is 0.247. The largest absolute Gasteiger partial charge is 0.454 e. The number of ketones is 1. The maximum Gasteiger partial charge on any atom is 0.268 e. The van der Waals surface area contributed by atoms with Crippen LogP contribution in [0.5, 0.6) is 11.5 Å². The Hall–Kier alpha value is -2.72. The molecule has 6 nitrogen and oxygen atoms in total. The van der Waals surface area contributed by atoms with Gasteiger partial charge in [-0.1, -0.05) is 11.6 Å². The number of ether oxygens (including phenoxy) is 1. The number of nitrogens with zero attached hydrogens (tertiary/aromatic N) is 2. The normalized spacial score (nSPS) is 17.1. The van der Waals surface area contributed by atoms with Crippen molar-refractivity contribution in [2.75, 3.05) is 30.5 Å². The van der Waals surface area contributed by atoms with Crippen molar-refractivity contribution in [2.45, 2.75) is 17.7 Å². The summed E-state index contributed by atoms with van der Waals surface area (Å²) in [5.41, 5.74) is 0.585. The van der Waals surface area contributed by atoms with Crippen molar-refractivity contribution in [3.63, 3.8) is 0 Å². The second-order valence-electron chi connectivity index (χ2n) is 8.99. The molecule has 0 aliphatic carbocycles. The summed E-state index contributed by atoms with van der Waals surface area (Å²) in [4.78, 5) is 14.5. The molecule has 0 saturated carbocycles. The van der Waals surface area contributed by atoms with E-state index in [-0.39, 0.29) is 64.3 Å². The molecule has 5 rings (SSSR count). The third-order valence-electron chi connectivity index (χ3n) is 6.55. The zero-order valence-corrected chi connectivity index (χ0v) is 22.0. The van der Waals surface area contributed by atoms with Gasteiger partial charge in [0, 0.05) is 23.2 Å². The van der Waals surface area contributed by atoms with Gasteiger partial charge in [0.25, 0.3) is 10.0 Å². The van der Waals surface area contributed by atoms with Crippen LogP contribution in [0.25, 0.3) is 0 Å². The number of hydrogen-bond donors (Lipinski definition) is 0. The molecular formula is C26H24Cl2F2N2O4S. The Bertz CT molecular complexity index is 1410. The average Bonchev–Trinajstić information content (AvgIpc) is 2.93. The summed E-state index contributed by atoms with van der Waals surface area (Å²) in [6.07, 6.45) is 1.30. The maximum absolute atomic E-state index is 14.2. The van der Waals surface area contributed by atoms with Crippen LogP contribution < -0.4 is 9.04 Å². The summed E-state index contributed by atoms with van der Waals surface area (Å²) in [7, 11) is -4.08. The van der Waals surface area contributed by atoms with Crippen molar-refractivity contribution in [3.05, 3.63) is 82.9 Å². The first-order chi connectivity index (χ1) is 17.2. The van der Waals surface area contributed by atoms with Crippen LogP contribution in [0.1, 0.15) is 23.2 Å². The molecule has 0 atom stereocenters. The molecule has 2 aliphatic heterocycles. The lowest BCUT2D eigenvalue weighted by molar-refractivity contribution is 0.0898. The van der Waals surface area contributed by atoms with Crippen LogP contribution in [0.2, 0.25) is 5.02 Å². The summed E-state index contributed by atoms with van der Waals surface area (Å²) >= 11 is 6.09. The standard InChI is InChI=1S/C26H23ClF2N2O4S.ClH/c27-19-3-7-25-26(13-19)36(33,34)31(22-14-21(29)6-8-24(22)35-25)15-17-9-11-30(12-10-17)16-23(32)18-1-4-20(28)5-2-18;/h1-8,13-14,17H,9-12,15-16H2;1H. The average molecular weight is 569 g/mol. The van der Waals surface area contributed by atoms with Crippen LogP contribution in [0, 0.1) is 17.6 Å². The second kappa shape index (κ2) is 10.9. The van der Waals surface area contributed by atoms with Crippen LogP contribution in [-0.2, 0) is 10.0 Å². The van der Waals surface area contributed by atoms with Gasteiger partial charge >= 0.3 is 0 Å². The molecule has 2 heterocycles. The van der Waals surface area contributed by atoms with Gasteiger partial charge in [0.15, 0.2) is 11.5 Å². The molecule has 1 saturated heterocycles. The fraction of sp³-hybridized carbons (Fsp3) is 0.269. The number of sulfonamides is 1. The van der Waals surface area contributed by atoms with Gasteiger partial charge in [-0.15, -0.1) is 12.4 Å². The number of hydrogen-bond acceptors (Lipinski definition) is 5. The Balaban J connectivity index is 0.00000320. The lowest BCUT2D eigenvalue weighted by Crippen LogP contribution is -2.42. The van der Waals surface area contributed by atoms with E-state index in [1.165, 1.54) is 58.9 Å². The fourth-order valence-corrected chi connectivity index (χ4v) is 6.52. The molecule has 2 aliphatic rings. The van der Waals surface area contributed by atoms with Crippen LogP contribution in [-0.4, -0.2) is 45.3 Å². The van der Waals surface area contributed by atoms with Crippen molar-refractivity contribution in [1.29, 1.82) is 0 Å². The predicted octanol–water partition coefficient (Wildman–Crippen LogP) is 5.94. The molecule has 37 heavy (non-hydrogen) atoms. The highest BCUT2D eigenvalue weighted by atomic mass is 35.5. The number of anilines is 1. The Morgan fingerprint density at radius 3 is 2.30 bits per heavy atom. The molecule has 0 unspecified atom stereocenters. The molecular weight excluding hydrogens is 545 g/mol. The van der Waals surface area contributed by atoms with Crippen molar-refractivity contribution in [3.8, 4) is 11.5 Å². The minimum atomic E-state index is -4.08. The van der Waals surface area contributed by atoms with E-state index < -0.39 is 21.7 Å². The van der Waals surface area contributed by atoms with Crippen molar-refractivity contribution < 1.29 is 26.7 Å². The molecule has 3 aromatic carbocycles. The van der Waals surface area contributed by atoms with Crippen LogP contribution in [0.3, 0.4) is 0 Å². The molecule has 0 bridgehead atoms. The Kier molecular flexibility index (Phi) is 8.08. The van der Waals surface area contributed by atoms with Gasteiger partial charge in [-0.3, -0.25) is 14.0 Å².